The van der Waals surface area contributed by atoms with Gasteiger partial charge in [-0.05, 0) is 55.2 Å². The van der Waals surface area contributed by atoms with Gasteiger partial charge in [-0.2, -0.15) is 0 Å². The lowest BCUT2D eigenvalue weighted by atomic mass is 9.82. The maximum absolute atomic E-state index is 15.3. The fourth-order valence-corrected chi connectivity index (χ4v) is 10.6. The van der Waals surface area contributed by atoms with Gasteiger partial charge in [-0.1, -0.05) is 55.4 Å². The minimum absolute atomic E-state index is 0.0240. The lowest BCUT2D eigenvalue weighted by Gasteiger charge is -2.51. The minimum Gasteiger partial charge on any atom is -0.508 e. The summed E-state index contributed by atoms with van der Waals surface area (Å²) in [5.41, 5.74) is 1.44. The monoisotopic (exact) mass is 956 g/mol. The number of ketones is 2. The molecule has 4 aliphatic rings. The number of aliphatic hydroxyl groups is 2. The molecule has 0 radical (unpaired) electrons. The minimum atomic E-state index is -1.78. The predicted octanol–water partition coefficient (Wildman–Crippen LogP) is 3.44. The number of aromatic hydroxyl groups is 1. The number of aromatic nitrogens is 2. The van der Waals surface area contributed by atoms with Gasteiger partial charge in [0.1, 0.15) is 34.5 Å². The van der Waals surface area contributed by atoms with E-state index in [-0.39, 0.29) is 76.3 Å². The lowest BCUT2D eigenvalue weighted by Crippen LogP contribution is -2.69. The van der Waals surface area contributed by atoms with Gasteiger partial charge in [-0.3, -0.25) is 24.8 Å². The van der Waals surface area contributed by atoms with E-state index < -0.39 is 71.8 Å². The summed E-state index contributed by atoms with van der Waals surface area (Å²) >= 11 is 2.07. The van der Waals surface area contributed by atoms with Gasteiger partial charge >= 0.3 is 0 Å². The number of carbonyl (C=O) groups excluding carboxylic acids is 3. The molecule has 9 unspecified atom stereocenters. The van der Waals surface area contributed by atoms with Crippen molar-refractivity contribution in [2.24, 2.45) is 5.92 Å². The molecule has 2 aliphatic carbocycles. The molecule has 0 bridgehead atoms. The summed E-state index contributed by atoms with van der Waals surface area (Å²) in [4.78, 5) is 49.2. The topological polar surface area (TPSA) is 247 Å². The van der Waals surface area contributed by atoms with Gasteiger partial charge in [0.15, 0.2) is 29.4 Å². The van der Waals surface area contributed by atoms with Gasteiger partial charge < -0.3 is 59.9 Å². The predicted molar refractivity (Wildman–Crippen MR) is 255 cm³/mol. The van der Waals surface area contributed by atoms with Gasteiger partial charge in [0.2, 0.25) is 5.78 Å². The molecule has 7 rings (SSSR count). The lowest BCUT2D eigenvalue weighted by molar-refractivity contribution is -0.326. The number of allylic oxidation sites excluding steroid dienone is 3. The molecule has 2 fully saturated rings. The molecule has 356 valence electrons. The van der Waals surface area contributed by atoms with Crippen molar-refractivity contribution in [3.63, 3.8) is 0 Å². The van der Waals surface area contributed by atoms with Crippen molar-refractivity contribution in [2.45, 2.75) is 107 Å². The van der Waals surface area contributed by atoms with Crippen LogP contribution >= 0.6 is 23.5 Å². The third-order valence-corrected chi connectivity index (χ3v) is 14.4. The molecular weight excluding hydrogens is 901 g/mol. The zero-order valence-corrected chi connectivity index (χ0v) is 39.8. The number of phenols is 1. The second kappa shape index (κ2) is 21.5. The Hall–Kier alpha value is -5.03. The Bertz CT molecular complexity index is 2630. The van der Waals surface area contributed by atoms with Crippen LogP contribution in [0, 0.1) is 35.0 Å². The number of nitrogens with zero attached hydrogens (tertiary/aromatic N) is 1. The van der Waals surface area contributed by atoms with Crippen molar-refractivity contribution in [3.8, 4) is 29.4 Å². The van der Waals surface area contributed by atoms with Crippen molar-refractivity contribution < 1.29 is 53.4 Å². The summed E-state index contributed by atoms with van der Waals surface area (Å²) in [6.07, 6.45) is -2.16. The van der Waals surface area contributed by atoms with Gasteiger partial charge in [0.25, 0.3) is 0 Å². The number of carbonyl (C=O) groups is 3. The number of hydrogen-bond donors (Lipinski definition) is 8. The molecular formula is C48H56N6O11S2. The number of thioether (sulfide) groups is 2. The van der Waals surface area contributed by atoms with E-state index in [0.29, 0.717) is 21.8 Å². The van der Waals surface area contributed by atoms with Crippen LogP contribution in [0.15, 0.2) is 65.5 Å². The number of aromatic amines is 1. The van der Waals surface area contributed by atoms with Crippen molar-refractivity contribution in [1.82, 2.24) is 25.9 Å². The Kier molecular flexibility index (Phi) is 16.0. The van der Waals surface area contributed by atoms with Crippen LogP contribution < -0.4 is 16.0 Å². The molecule has 2 saturated heterocycles. The van der Waals surface area contributed by atoms with Gasteiger partial charge in [0.05, 0.1) is 48.1 Å². The van der Waals surface area contributed by atoms with E-state index in [1.54, 1.807) is 44.6 Å². The summed E-state index contributed by atoms with van der Waals surface area (Å²) in [5.74, 6) is 9.78. The number of Topliss-reactive ketones (excluding diaryl/α,β-unsaturated/α-hetero) is 2. The maximum Gasteiger partial charge on any atom is 0.204 e. The molecule has 67 heavy (non-hydrogen) atoms. The van der Waals surface area contributed by atoms with Crippen LogP contribution in [0.2, 0.25) is 0 Å². The number of pyridine rings is 1. The highest BCUT2D eigenvalue weighted by molar-refractivity contribution is 8.13. The number of phenolic OH excluding ortho intramolecular Hbond substituents is 1. The molecule has 2 aliphatic heterocycles. The van der Waals surface area contributed by atoms with Crippen LogP contribution in [0.3, 0.4) is 0 Å². The number of nitrogens with one attached hydrogen (secondary N) is 5. The SMILES string of the molecule is CNC(=N)NC1=C2C#C/C=C\C#C[C@H](OC3OC(C)C(SC)(C(=O)c4nccc5c4[nH]c4ccc(O)cc45)C(O)C3OC3CC(OC)C(NC(C)C)CO3)C2/C(=C\CSC(C)=O)[C@@H](O)CC1=O. The van der Waals surface area contributed by atoms with E-state index >= 15 is 4.79 Å². The van der Waals surface area contributed by atoms with Crippen LogP contribution in [0.4, 0.5) is 0 Å². The number of ether oxygens (including phenoxy) is 5. The van der Waals surface area contributed by atoms with E-state index in [1.165, 1.54) is 38.4 Å². The first-order chi connectivity index (χ1) is 32.1. The van der Waals surface area contributed by atoms with Crippen molar-refractivity contribution >= 4 is 68.0 Å². The third-order valence-electron chi connectivity index (χ3n) is 12.2. The summed E-state index contributed by atoms with van der Waals surface area (Å²) < 4.78 is 30.9. The molecule has 4 heterocycles. The first kappa shape index (κ1) is 49.9. The second-order valence-electron chi connectivity index (χ2n) is 16.8. The Morgan fingerprint density at radius 1 is 1.16 bits per heavy atom. The Balaban J connectivity index is 1.35. The normalized spacial score (nSPS) is 30.8. The molecule has 17 nitrogen and oxygen atoms in total. The Morgan fingerprint density at radius 3 is 2.66 bits per heavy atom. The third kappa shape index (κ3) is 10.4. The van der Waals surface area contributed by atoms with Crippen LogP contribution in [0.5, 0.6) is 5.75 Å². The van der Waals surface area contributed by atoms with Gasteiger partial charge in [-0.15, -0.1) is 11.8 Å². The highest BCUT2D eigenvalue weighted by Crippen LogP contribution is 2.46. The summed E-state index contributed by atoms with van der Waals surface area (Å²) in [6, 6.07) is 6.50. The largest absolute Gasteiger partial charge is 0.508 e. The number of aliphatic hydroxyl groups excluding tert-OH is 2. The molecule has 8 N–H and O–H groups in total. The van der Waals surface area contributed by atoms with Crippen molar-refractivity contribution in [1.29, 1.82) is 5.41 Å². The molecule has 3 aromatic rings. The first-order valence-corrected chi connectivity index (χ1v) is 24.1. The quantitative estimate of drug-likeness (QED) is 0.0402. The fourth-order valence-electron chi connectivity index (χ4n) is 9.04. The second-order valence-corrected chi connectivity index (χ2v) is 19.1. The smallest absolute Gasteiger partial charge is 0.204 e. The average molecular weight is 957 g/mol. The van der Waals surface area contributed by atoms with E-state index in [0.717, 1.165) is 23.5 Å². The van der Waals surface area contributed by atoms with Gasteiger partial charge in [-0.25, -0.2) is 0 Å². The highest BCUT2D eigenvalue weighted by Gasteiger charge is 2.61. The van der Waals surface area contributed by atoms with Crippen LogP contribution in [0.1, 0.15) is 51.0 Å². The summed E-state index contributed by atoms with van der Waals surface area (Å²) in [5, 5.41) is 53.6. The van der Waals surface area contributed by atoms with Crippen molar-refractivity contribution in [2.75, 3.05) is 32.8 Å². The standard InChI is InChI=1S/C48H56N6O11S2/c1-24(2)52-33-23-62-38(22-37(33)61-6)65-43-45(60)48(66-7,44(59)42-41-28(16-18-51-42)31-20-27(56)14-15-32(31)53-41)25(3)63-46(43)64-36-13-11-9-8-10-12-30-39(36)29(17-19-67-26(4)55)34(57)21-35(58)40(30)54-47(49)50-5/h8-9,14-18,20,24-25,33-34,36-39,43,45-46,52-53,56-57,60H,19,21-23H2,1-7H3,(H3,49,50,54)/b9-8-,29-17-/t25?,33?,34-,36-,37?,38?,39?,43?,45?,46?,48?/m0/s1. The summed E-state index contributed by atoms with van der Waals surface area (Å²) in [6.45, 7) is 7.28. The molecule has 0 spiro atoms. The molecule has 0 saturated carbocycles. The molecule has 1 aromatic carbocycles. The molecule has 19 heteroatoms. The average Bonchev–Trinajstić information content (AvgIpc) is 3.67. The van der Waals surface area contributed by atoms with E-state index in [4.69, 9.17) is 29.1 Å². The van der Waals surface area contributed by atoms with Gasteiger partial charge in [0, 0.05) is 73.8 Å². The van der Waals surface area contributed by atoms with E-state index in [9.17, 15) is 24.9 Å². The first-order valence-electron chi connectivity index (χ1n) is 21.9. The number of guanidine groups is 1. The molecule has 11 atom stereocenters. The van der Waals surface area contributed by atoms with Crippen LogP contribution in [-0.4, -0.2) is 147 Å². The number of fused-ring (bicyclic) bond motifs is 4. The fraction of sp³-hybridized carbons (Fsp3) is 0.479. The maximum atomic E-state index is 15.3. The van der Waals surface area contributed by atoms with Crippen LogP contribution in [-0.2, 0) is 33.3 Å². The number of benzene rings is 1. The number of hydrogen-bond acceptors (Lipinski definition) is 16. The zero-order valence-electron chi connectivity index (χ0n) is 38.2. The number of methoxy groups -OCH3 is 1. The van der Waals surface area contributed by atoms with E-state index in [1.807, 2.05) is 13.8 Å². The summed E-state index contributed by atoms with van der Waals surface area (Å²) in [7, 11) is 3.10. The zero-order chi connectivity index (χ0) is 48.2. The Morgan fingerprint density at radius 2 is 1.94 bits per heavy atom. The van der Waals surface area contributed by atoms with E-state index in [2.05, 4.69) is 49.6 Å². The number of rotatable bonds is 13. The number of H-pyrrole nitrogens is 1. The highest BCUT2D eigenvalue weighted by atomic mass is 32.2. The van der Waals surface area contributed by atoms with Crippen LogP contribution in [0.25, 0.3) is 21.8 Å². The molecule has 2 aromatic heterocycles. The molecule has 0 amide bonds. The Labute approximate surface area is 397 Å². The van der Waals surface area contributed by atoms with Crippen molar-refractivity contribution in [3.05, 3.63) is 71.2 Å².